The summed E-state index contributed by atoms with van der Waals surface area (Å²) >= 11 is 0. The summed E-state index contributed by atoms with van der Waals surface area (Å²) in [5, 5.41) is 5.07. The summed E-state index contributed by atoms with van der Waals surface area (Å²) in [5.41, 5.74) is 1.78. The molecule has 6 heteroatoms. The van der Waals surface area contributed by atoms with Gasteiger partial charge in [-0.05, 0) is 67.6 Å². The summed E-state index contributed by atoms with van der Waals surface area (Å²) < 4.78 is 11.3. The van der Waals surface area contributed by atoms with Crippen LogP contribution in [-0.4, -0.2) is 49.6 Å². The first-order valence-electron chi connectivity index (χ1n) is 12.5. The maximum absolute atomic E-state index is 13.3. The predicted octanol–water partition coefficient (Wildman–Crippen LogP) is 4.85. The summed E-state index contributed by atoms with van der Waals surface area (Å²) in [6, 6.07) is 19.6. The van der Waals surface area contributed by atoms with Crippen LogP contribution < -0.4 is 14.8 Å². The van der Waals surface area contributed by atoms with Gasteiger partial charge in [0.15, 0.2) is 11.5 Å². The van der Waals surface area contributed by atoms with Crippen LogP contribution in [0.3, 0.4) is 0 Å². The number of piperidine rings is 1. The summed E-state index contributed by atoms with van der Waals surface area (Å²) in [6.45, 7) is 6.70. The van der Waals surface area contributed by atoms with Crippen molar-refractivity contribution in [3.63, 3.8) is 0 Å². The number of likely N-dealkylation sites (tertiary alicyclic amines) is 1. The molecular formula is C29H34N2O4. The molecule has 2 amide bonds. The van der Waals surface area contributed by atoms with Crippen molar-refractivity contribution in [3.05, 3.63) is 71.8 Å². The number of nitrogens with zero attached hydrogens (tertiary/aromatic N) is 1. The van der Waals surface area contributed by atoms with Crippen LogP contribution in [-0.2, 0) is 11.2 Å². The SMILES string of the molecule is CCOc1ccc(CCNC(=O)C2CCCN(C(=O)c3cccc4ccccc34)C2)cc1OCC. The highest BCUT2D eigenvalue weighted by atomic mass is 16.5. The standard InChI is InChI=1S/C29H34N2O4/c1-3-34-26-15-14-21(19-27(26)35-4-2)16-17-30-28(32)23-11-8-18-31(20-23)29(33)25-13-7-10-22-9-5-6-12-24(22)25/h5-7,9-10,12-15,19,23H,3-4,8,11,16-18,20H2,1-2H3,(H,30,32). The summed E-state index contributed by atoms with van der Waals surface area (Å²) in [7, 11) is 0. The minimum Gasteiger partial charge on any atom is -0.490 e. The number of nitrogens with one attached hydrogen (secondary N) is 1. The van der Waals surface area contributed by atoms with Crippen molar-refractivity contribution in [2.75, 3.05) is 32.8 Å². The second kappa shape index (κ2) is 11.7. The topological polar surface area (TPSA) is 67.9 Å². The minimum absolute atomic E-state index is 0.00265. The lowest BCUT2D eigenvalue weighted by atomic mass is 9.95. The van der Waals surface area contributed by atoms with Crippen LogP contribution in [0.15, 0.2) is 60.7 Å². The maximum Gasteiger partial charge on any atom is 0.254 e. The molecule has 1 atom stereocenters. The fourth-order valence-corrected chi connectivity index (χ4v) is 4.68. The number of carbonyl (C=O) groups is 2. The molecular weight excluding hydrogens is 440 g/mol. The van der Waals surface area contributed by atoms with Crippen LogP contribution in [0.1, 0.15) is 42.6 Å². The highest BCUT2D eigenvalue weighted by Gasteiger charge is 2.29. The fraction of sp³-hybridized carbons (Fsp3) is 0.379. The molecule has 1 unspecified atom stereocenters. The lowest BCUT2D eigenvalue weighted by Crippen LogP contribution is -2.45. The Kier molecular flexibility index (Phi) is 8.24. The largest absolute Gasteiger partial charge is 0.490 e. The fourth-order valence-electron chi connectivity index (χ4n) is 4.68. The number of hydrogen-bond acceptors (Lipinski definition) is 4. The first-order valence-corrected chi connectivity index (χ1v) is 12.5. The van der Waals surface area contributed by atoms with Crippen LogP contribution in [0.2, 0.25) is 0 Å². The van der Waals surface area contributed by atoms with Crippen molar-refractivity contribution in [2.45, 2.75) is 33.1 Å². The molecule has 0 aromatic heterocycles. The van der Waals surface area contributed by atoms with E-state index in [4.69, 9.17) is 9.47 Å². The Morgan fingerprint density at radius 2 is 1.74 bits per heavy atom. The lowest BCUT2D eigenvalue weighted by Gasteiger charge is -2.32. The first kappa shape index (κ1) is 24.6. The zero-order valence-corrected chi connectivity index (χ0v) is 20.6. The van der Waals surface area contributed by atoms with E-state index in [-0.39, 0.29) is 17.7 Å². The first-order chi connectivity index (χ1) is 17.1. The summed E-state index contributed by atoms with van der Waals surface area (Å²) in [6.07, 6.45) is 2.32. The van der Waals surface area contributed by atoms with Gasteiger partial charge in [0.05, 0.1) is 19.1 Å². The molecule has 0 spiro atoms. The van der Waals surface area contributed by atoms with Gasteiger partial charge in [-0.2, -0.15) is 0 Å². The molecule has 0 aliphatic carbocycles. The van der Waals surface area contributed by atoms with Gasteiger partial charge in [-0.15, -0.1) is 0 Å². The van der Waals surface area contributed by atoms with Crippen LogP contribution in [0.25, 0.3) is 10.8 Å². The van der Waals surface area contributed by atoms with Gasteiger partial charge in [0.2, 0.25) is 5.91 Å². The quantitative estimate of drug-likeness (QED) is 0.482. The molecule has 1 heterocycles. The average molecular weight is 475 g/mol. The molecule has 3 aromatic carbocycles. The van der Waals surface area contributed by atoms with Gasteiger partial charge in [0.1, 0.15) is 0 Å². The monoisotopic (exact) mass is 474 g/mol. The average Bonchev–Trinajstić information content (AvgIpc) is 2.89. The van der Waals surface area contributed by atoms with Gasteiger partial charge in [-0.1, -0.05) is 42.5 Å². The van der Waals surface area contributed by atoms with Crippen LogP contribution in [0.4, 0.5) is 0 Å². The zero-order chi connectivity index (χ0) is 24.6. The van der Waals surface area contributed by atoms with Gasteiger partial charge >= 0.3 is 0 Å². The maximum atomic E-state index is 13.3. The summed E-state index contributed by atoms with van der Waals surface area (Å²) in [5.74, 6) is 1.28. The molecule has 184 valence electrons. The third-order valence-electron chi connectivity index (χ3n) is 6.42. The second-order valence-corrected chi connectivity index (χ2v) is 8.81. The number of ether oxygens (including phenoxy) is 2. The van der Waals surface area contributed by atoms with E-state index in [1.807, 2.05) is 79.4 Å². The summed E-state index contributed by atoms with van der Waals surface area (Å²) in [4.78, 5) is 28.1. The lowest BCUT2D eigenvalue weighted by molar-refractivity contribution is -0.126. The molecule has 0 bridgehead atoms. The van der Waals surface area contributed by atoms with Crippen LogP contribution in [0, 0.1) is 5.92 Å². The zero-order valence-electron chi connectivity index (χ0n) is 20.6. The Morgan fingerprint density at radius 3 is 2.57 bits per heavy atom. The number of fused-ring (bicyclic) bond motifs is 1. The molecule has 1 N–H and O–H groups in total. The van der Waals surface area contributed by atoms with E-state index in [0.717, 1.165) is 40.7 Å². The van der Waals surface area contributed by atoms with Gasteiger partial charge in [0, 0.05) is 25.2 Å². The van der Waals surface area contributed by atoms with E-state index in [0.29, 0.717) is 44.8 Å². The highest BCUT2D eigenvalue weighted by Crippen LogP contribution is 2.29. The Morgan fingerprint density at radius 1 is 0.971 bits per heavy atom. The van der Waals surface area contributed by atoms with Gasteiger partial charge < -0.3 is 19.7 Å². The number of hydrogen-bond donors (Lipinski definition) is 1. The van der Waals surface area contributed by atoms with Gasteiger partial charge in [-0.25, -0.2) is 0 Å². The molecule has 35 heavy (non-hydrogen) atoms. The van der Waals surface area contributed by atoms with E-state index >= 15 is 0 Å². The number of carbonyl (C=O) groups excluding carboxylic acids is 2. The minimum atomic E-state index is -0.193. The Labute approximate surface area is 207 Å². The number of benzene rings is 3. The number of amides is 2. The highest BCUT2D eigenvalue weighted by molar-refractivity contribution is 6.07. The van der Waals surface area contributed by atoms with Crippen molar-refractivity contribution < 1.29 is 19.1 Å². The molecule has 1 fully saturated rings. The Hall–Kier alpha value is -3.54. The smallest absolute Gasteiger partial charge is 0.254 e. The van der Waals surface area contributed by atoms with Crippen molar-refractivity contribution in [3.8, 4) is 11.5 Å². The third kappa shape index (κ3) is 5.94. The molecule has 6 nitrogen and oxygen atoms in total. The normalized spacial score (nSPS) is 15.6. The molecule has 1 aliphatic rings. The molecule has 3 aromatic rings. The van der Waals surface area contributed by atoms with Crippen LogP contribution >= 0.6 is 0 Å². The molecule has 0 saturated carbocycles. The third-order valence-corrected chi connectivity index (χ3v) is 6.42. The van der Waals surface area contributed by atoms with Crippen molar-refractivity contribution in [2.24, 2.45) is 5.92 Å². The second-order valence-electron chi connectivity index (χ2n) is 8.81. The van der Waals surface area contributed by atoms with E-state index in [9.17, 15) is 9.59 Å². The van der Waals surface area contributed by atoms with Crippen molar-refractivity contribution >= 4 is 22.6 Å². The Bertz CT molecular complexity index is 1170. The van der Waals surface area contributed by atoms with Crippen molar-refractivity contribution in [1.82, 2.24) is 10.2 Å². The van der Waals surface area contributed by atoms with E-state index in [2.05, 4.69) is 5.32 Å². The number of rotatable bonds is 9. The molecule has 1 saturated heterocycles. The predicted molar refractivity (Wildman–Crippen MR) is 138 cm³/mol. The van der Waals surface area contributed by atoms with E-state index < -0.39 is 0 Å². The van der Waals surface area contributed by atoms with Crippen molar-refractivity contribution in [1.29, 1.82) is 0 Å². The van der Waals surface area contributed by atoms with E-state index in [1.165, 1.54) is 0 Å². The van der Waals surface area contributed by atoms with Gasteiger partial charge in [-0.3, -0.25) is 9.59 Å². The van der Waals surface area contributed by atoms with E-state index in [1.54, 1.807) is 0 Å². The molecule has 4 rings (SSSR count). The molecule has 0 radical (unpaired) electrons. The van der Waals surface area contributed by atoms with Gasteiger partial charge in [0.25, 0.3) is 5.91 Å². The van der Waals surface area contributed by atoms with Crippen LogP contribution in [0.5, 0.6) is 11.5 Å². The Balaban J connectivity index is 1.34. The molecule has 1 aliphatic heterocycles.